The molecule has 1 heterocycles. The van der Waals surface area contributed by atoms with Gasteiger partial charge < -0.3 is 5.32 Å². The molecule has 0 amide bonds. The van der Waals surface area contributed by atoms with Crippen LogP contribution in [0.4, 0.5) is 0 Å². The van der Waals surface area contributed by atoms with Gasteiger partial charge >= 0.3 is 0 Å². The molecular formula is C6H5N3. The van der Waals surface area contributed by atoms with Crippen LogP contribution in [0.3, 0.4) is 0 Å². The first-order chi connectivity index (χ1) is 4.38. The van der Waals surface area contributed by atoms with Crippen LogP contribution >= 0.6 is 0 Å². The first-order valence-corrected chi connectivity index (χ1v) is 2.65. The normalized spacial score (nSPS) is 16.2. The zero-order valence-electron chi connectivity index (χ0n) is 4.81. The van der Waals surface area contributed by atoms with Gasteiger partial charge in [0.05, 0.1) is 11.6 Å². The van der Waals surface area contributed by atoms with Gasteiger partial charge in [-0.3, -0.25) is 0 Å². The Balaban J connectivity index is 2.90. The van der Waals surface area contributed by atoms with E-state index in [-0.39, 0.29) is 0 Å². The number of nitrogens with zero attached hydrogens (tertiary/aromatic N) is 2. The molecule has 0 radical (unpaired) electrons. The molecule has 3 nitrogen and oxygen atoms in total. The summed E-state index contributed by atoms with van der Waals surface area (Å²) < 4.78 is 0. The van der Waals surface area contributed by atoms with E-state index in [1.54, 1.807) is 0 Å². The van der Waals surface area contributed by atoms with Crippen molar-refractivity contribution in [3.05, 3.63) is 11.3 Å². The number of nitrogens with one attached hydrogen (secondary N) is 1. The lowest BCUT2D eigenvalue weighted by Crippen LogP contribution is -2.04. The molecule has 0 aromatic carbocycles. The highest BCUT2D eigenvalue weighted by Crippen LogP contribution is 2.10. The SMILES string of the molecule is N#CC1=C(C#N)NCC1. The van der Waals surface area contributed by atoms with E-state index in [0.717, 1.165) is 6.54 Å². The van der Waals surface area contributed by atoms with Gasteiger partial charge in [0.2, 0.25) is 0 Å². The van der Waals surface area contributed by atoms with Crippen LogP contribution in [0.5, 0.6) is 0 Å². The summed E-state index contributed by atoms with van der Waals surface area (Å²) in [5, 5.41) is 19.5. The highest BCUT2D eigenvalue weighted by molar-refractivity contribution is 5.38. The summed E-state index contributed by atoms with van der Waals surface area (Å²) in [5.74, 6) is 0. The third-order valence-electron chi connectivity index (χ3n) is 1.23. The molecular weight excluding hydrogens is 114 g/mol. The van der Waals surface area contributed by atoms with Crippen molar-refractivity contribution in [2.45, 2.75) is 6.42 Å². The third kappa shape index (κ3) is 0.850. The summed E-state index contributed by atoms with van der Waals surface area (Å²) in [7, 11) is 0. The van der Waals surface area contributed by atoms with E-state index in [1.165, 1.54) is 0 Å². The Morgan fingerprint density at radius 3 is 2.56 bits per heavy atom. The molecule has 0 aromatic rings. The zero-order valence-corrected chi connectivity index (χ0v) is 4.81. The first kappa shape index (κ1) is 5.65. The average molecular weight is 119 g/mol. The van der Waals surface area contributed by atoms with E-state index in [2.05, 4.69) is 5.32 Å². The van der Waals surface area contributed by atoms with Crippen molar-refractivity contribution in [1.82, 2.24) is 5.32 Å². The number of nitriles is 2. The fraction of sp³-hybridized carbons (Fsp3) is 0.333. The summed E-state index contributed by atoms with van der Waals surface area (Å²) in [5.41, 5.74) is 1.02. The van der Waals surface area contributed by atoms with Gasteiger partial charge in [0.15, 0.2) is 0 Å². The first-order valence-electron chi connectivity index (χ1n) is 2.65. The van der Waals surface area contributed by atoms with Crippen molar-refractivity contribution in [1.29, 1.82) is 10.5 Å². The Hall–Kier alpha value is -1.48. The minimum atomic E-state index is 0.442. The summed E-state index contributed by atoms with van der Waals surface area (Å²) in [6.07, 6.45) is 0.694. The molecule has 0 fully saturated rings. The molecule has 0 spiro atoms. The van der Waals surface area contributed by atoms with E-state index < -0.39 is 0 Å². The third-order valence-corrected chi connectivity index (χ3v) is 1.23. The Morgan fingerprint density at radius 1 is 1.33 bits per heavy atom. The molecule has 0 saturated heterocycles. The predicted octanol–water partition coefficient (Wildman–Crippen LogP) is 0.281. The lowest BCUT2D eigenvalue weighted by Gasteiger charge is -1.86. The van der Waals surface area contributed by atoms with Crippen molar-refractivity contribution in [2.75, 3.05) is 6.54 Å². The van der Waals surface area contributed by atoms with Crippen molar-refractivity contribution in [3.8, 4) is 12.1 Å². The topological polar surface area (TPSA) is 59.6 Å². The van der Waals surface area contributed by atoms with Crippen molar-refractivity contribution >= 4 is 0 Å². The molecule has 0 saturated carbocycles. The molecule has 3 heteroatoms. The highest BCUT2D eigenvalue weighted by atomic mass is 14.9. The minimum absolute atomic E-state index is 0.442. The smallest absolute Gasteiger partial charge is 0.127 e. The maximum Gasteiger partial charge on any atom is 0.127 e. The monoisotopic (exact) mass is 119 g/mol. The molecule has 0 atom stereocenters. The van der Waals surface area contributed by atoms with Gasteiger partial charge in [-0.2, -0.15) is 10.5 Å². The zero-order chi connectivity index (χ0) is 6.69. The second-order valence-corrected chi connectivity index (χ2v) is 1.75. The van der Waals surface area contributed by atoms with Gasteiger partial charge in [-0.05, 0) is 0 Å². The van der Waals surface area contributed by atoms with Gasteiger partial charge in [0.25, 0.3) is 0 Å². The van der Waals surface area contributed by atoms with Crippen LogP contribution in [-0.2, 0) is 0 Å². The summed E-state index contributed by atoms with van der Waals surface area (Å²) >= 11 is 0. The van der Waals surface area contributed by atoms with Crippen LogP contribution in [0.1, 0.15) is 6.42 Å². The van der Waals surface area contributed by atoms with Gasteiger partial charge in [-0.15, -0.1) is 0 Å². The van der Waals surface area contributed by atoms with Crippen molar-refractivity contribution in [3.63, 3.8) is 0 Å². The number of rotatable bonds is 0. The van der Waals surface area contributed by atoms with Crippen molar-refractivity contribution < 1.29 is 0 Å². The molecule has 44 valence electrons. The van der Waals surface area contributed by atoms with E-state index in [4.69, 9.17) is 10.5 Å². The second-order valence-electron chi connectivity index (χ2n) is 1.75. The maximum atomic E-state index is 8.37. The maximum absolute atomic E-state index is 8.37. The van der Waals surface area contributed by atoms with Crippen molar-refractivity contribution in [2.24, 2.45) is 0 Å². The quantitative estimate of drug-likeness (QED) is 0.498. The van der Waals surface area contributed by atoms with E-state index in [9.17, 15) is 0 Å². The number of allylic oxidation sites excluding steroid dienone is 1. The fourth-order valence-electron chi connectivity index (χ4n) is 0.763. The average Bonchev–Trinajstić information content (AvgIpc) is 2.33. The fourth-order valence-corrected chi connectivity index (χ4v) is 0.763. The van der Waals surface area contributed by atoms with Crippen LogP contribution < -0.4 is 5.32 Å². The van der Waals surface area contributed by atoms with Gasteiger partial charge in [0, 0.05) is 13.0 Å². The van der Waals surface area contributed by atoms with Crippen LogP contribution in [0.25, 0.3) is 0 Å². The molecule has 9 heavy (non-hydrogen) atoms. The van der Waals surface area contributed by atoms with Crippen LogP contribution in [-0.4, -0.2) is 6.54 Å². The number of hydrogen-bond donors (Lipinski definition) is 1. The lowest BCUT2D eigenvalue weighted by molar-refractivity contribution is 0.891. The molecule has 0 bridgehead atoms. The highest BCUT2D eigenvalue weighted by Gasteiger charge is 2.11. The Labute approximate surface area is 53.2 Å². The van der Waals surface area contributed by atoms with Gasteiger partial charge in [-0.25, -0.2) is 0 Å². The second kappa shape index (κ2) is 2.19. The molecule has 1 aliphatic rings. The summed E-state index contributed by atoms with van der Waals surface area (Å²) in [4.78, 5) is 0. The standard InChI is InChI=1S/C6H5N3/c7-3-5-1-2-9-6(5)4-8/h9H,1-2H2. The van der Waals surface area contributed by atoms with Crippen LogP contribution in [0.15, 0.2) is 11.3 Å². The molecule has 0 unspecified atom stereocenters. The Kier molecular flexibility index (Phi) is 1.38. The molecule has 0 aromatic heterocycles. The summed E-state index contributed by atoms with van der Waals surface area (Å²) in [6.45, 7) is 0.728. The Morgan fingerprint density at radius 2 is 2.11 bits per heavy atom. The minimum Gasteiger partial charge on any atom is -0.375 e. The Bertz CT molecular complexity index is 202. The predicted molar refractivity (Wildman–Crippen MR) is 30.9 cm³/mol. The number of hydrogen-bond acceptors (Lipinski definition) is 3. The van der Waals surface area contributed by atoms with E-state index >= 15 is 0 Å². The molecule has 1 aliphatic heterocycles. The molecule has 1 rings (SSSR count). The lowest BCUT2D eigenvalue weighted by atomic mass is 10.2. The van der Waals surface area contributed by atoms with Crippen LogP contribution in [0, 0.1) is 22.7 Å². The molecule has 1 N–H and O–H groups in total. The van der Waals surface area contributed by atoms with E-state index in [1.807, 2.05) is 12.1 Å². The summed E-state index contributed by atoms with van der Waals surface area (Å²) in [6, 6.07) is 3.87. The molecule has 0 aliphatic carbocycles. The van der Waals surface area contributed by atoms with Crippen LogP contribution in [0.2, 0.25) is 0 Å². The van der Waals surface area contributed by atoms with E-state index in [0.29, 0.717) is 17.7 Å². The van der Waals surface area contributed by atoms with Gasteiger partial charge in [0.1, 0.15) is 11.8 Å². The van der Waals surface area contributed by atoms with Gasteiger partial charge in [-0.1, -0.05) is 0 Å². The largest absolute Gasteiger partial charge is 0.375 e.